The van der Waals surface area contributed by atoms with Crippen molar-refractivity contribution in [1.29, 1.82) is 0 Å². The second kappa shape index (κ2) is 8.89. The number of methoxy groups -OCH3 is 1. The highest BCUT2D eigenvalue weighted by Gasteiger charge is 2.31. The lowest BCUT2D eigenvalue weighted by Gasteiger charge is -2.35. The molecule has 3 aliphatic rings. The zero-order valence-electron chi connectivity index (χ0n) is 18.4. The van der Waals surface area contributed by atoms with Crippen LogP contribution in [0, 0.1) is 0 Å². The van der Waals surface area contributed by atoms with Crippen molar-refractivity contribution in [3.05, 3.63) is 59.2 Å². The molecule has 1 amide bonds. The second-order valence-corrected chi connectivity index (χ2v) is 8.81. The zero-order valence-corrected chi connectivity index (χ0v) is 18.4. The standard InChI is InChI=1S/C25H32N4O2/c1-31-22-6-2-4-20(18-22)19-27-12-10-26(11-13-27)14-15-29-17-16-28-9-8-21-5-3-7-23(24(21)28)25(29)30/h2-7,18H,8-17,19H2,1H3. The van der Waals surface area contributed by atoms with Crippen LogP contribution < -0.4 is 9.64 Å². The van der Waals surface area contributed by atoms with E-state index in [9.17, 15) is 4.79 Å². The van der Waals surface area contributed by atoms with E-state index in [0.29, 0.717) is 0 Å². The van der Waals surface area contributed by atoms with E-state index in [0.717, 1.165) is 83.2 Å². The number of hydrogen-bond donors (Lipinski definition) is 0. The van der Waals surface area contributed by atoms with Gasteiger partial charge in [-0.05, 0) is 35.7 Å². The van der Waals surface area contributed by atoms with Crippen LogP contribution >= 0.6 is 0 Å². The maximum Gasteiger partial charge on any atom is 0.256 e. The van der Waals surface area contributed by atoms with Gasteiger partial charge in [-0.25, -0.2) is 0 Å². The Morgan fingerprint density at radius 1 is 0.871 bits per heavy atom. The molecular formula is C25H32N4O2. The molecule has 0 radical (unpaired) electrons. The van der Waals surface area contributed by atoms with Crippen molar-refractivity contribution in [1.82, 2.24) is 14.7 Å². The molecule has 0 bridgehead atoms. The van der Waals surface area contributed by atoms with Crippen LogP contribution in [0.15, 0.2) is 42.5 Å². The zero-order chi connectivity index (χ0) is 21.2. The van der Waals surface area contributed by atoms with E-state index in [1.165, 1.54) is 16.8 Å². The summed E-state index contributed by atoms with van der Waals surface area (Å²) in [5, 5.41) is 0. The Balaban J connectivity index is 1.13. The number of carbonyl (C=O) groups is 1. The Morgan fingerprint density at radius 3 is 2.52 bits per heavy atom. The van der Waals surface area contributed by atoms with Gasteiger partial charge in [-0.3, -0.25) is 14.6 Å². The van der Waals surface area contributed by atoms with E-state index in [2.05, 4.69) is 43.9 Å². The summed E-state index contributed by atoms with van der Waals surface area (Å²) in [4.78, 5) is 22.7. The number of ether oxygens (including phenoxy) is 1. The fourth-order valence-corrected chi connectivity index (χ4v) is 5.12. The molecule has 0 aromatic heterocycles. The number of anilines is 1. The summed E-state index contributed by atoms with van der Waals surface area (Å²) in [5.74, 6) is 1.13. The van der Waals surface area contributed by atoms with Crippen molar-refractivity contribution in [2.75, 3.05) is 70.9 Å². The summed E-state index contributed by atoms with van der Waals surface area (Å²) >= 11 is 0. The third-order valence-electron chi connectivity index (χ3n) is 6.94. The van der Waals surface area contributed by atoms with Gasteiger partial charge in [-0.2, -0.15) is 0 Å². The summed E-state index contributed by atoms with van der Waals surface area (Å²) in [6, 6.07) is 14.6. The van der Waals surface area contributed by atoms with Gasteiger partial charge >= 0.3 is 0 Å². The van der Waals surface area contributed by atoms with Gasteiger partial charge in [0.05, 0.1) is 18.4 Å². The van der Waals surface area contributed by atoms with Crippen LogP contribution in [0.4, 0.5) is 5.69 Å². The van der Waals surface area contributed by atoms with Gasteiger partial charge in [0.2, 0.25) is 0 Å². The average molecular weight is 421 g/mol. The lowest BCUT2D eigenvalue weighted by atomic mass is 10.1. The average Bonchev–Trinajstić information content (AvgIpc) is 3.17. The lowest BCUT2D eigenvalue weighted by Crippen LogP contribution is -2.48. The minimum Gasteiger partial charge on any atom is -0.497 e. The van der Waals surface area contributed by atoms with Crippen LogP contribution in [0.3, 0.4) is 0 Å². The van der Waals surface area contributed by atoms with Crippen LogP contribution in [-0.4, -0.2) is 86.6 Å². The highest BCUT2D eigenvalue weighted by Crippen LogP contribution is 2.34. The smallest absolute Gasteiger partial charge is 0.256 e. The van der Waals surface area contributed by atoms with Crippen molar-refractivity contribution in [3.63, 3.8) is 0 Å². The molecule has 6 heteroatoms. The third kappa shape index (κ3) is 4.27. The molecule has 0 atom stereocenters. The van der Waals surface area contributed by atoms with Crippen molar-refractivity contribution < 1.29 is 9.53 Å². The van der Waals surface area contributed by atoms with Gasteiger partial charge in [0.25, 0.3) is 5.91 Å². The predicted molar refractivity (Wildman–Crippen MR) is 123 cm³/mol. The molecule has 0 unspecified atom stereocenters. The highest BCUT2D eigenvalue weighted by molar-refractivity contribution is 6.01. The second-order valence-electron chi connectivity index (χ2n) is 8.81. The number of rotatable bonds is 6. The number of piperazine rings is 1. The molecule has 164 valence electrons. The molecule has 1 fully saturated rings. The van der Waals surface area contributed by atoms with Crippen LogP contribution in [0.25, 0.3) is 0 Å². The van der Waals surface area contributed by atoms with E-state index in [1.54, 1.807) is 7.11 Å². The number of nitrogens with zero attached hydrogens (tertiary/aromatic N) is 4. The summed E-state index contributed by atoms with van der Waals surface area (Å²) in [6.45, 7) is 9.77. The fraction of sp³-hybridized carbons (Fsp3) is 0.480. The van der Waals surface area contributed by atoms with Gasteiger partial charge in [-0.15, -0.1) is 0 Å². The molecule has 6 nitrogen and oxygen atoms in total. The van der Waals surface area contributed by atoms with Crippen LogP contribution in [0.5, 0.6) is 5.75 Å². The minimum atomic E-state index is 0.206. The summed E-state index contributed by atoms with van der Waals surface area (Å²) < 4.78 is 5.35. The lowest BCUT2D eigenvalue weighted by molar-refractivity contribution is 0.0714. The first-order chi connectivity index (χ1) is 15.2. The van der Waals surface area contributed by atoms with Gasteiger partial charge in [0.15, 0.2) is 0 Å². The van der Waals surface area contributed by atoms with Crippen molar-refractivity contribution >= 4 is 11.6 Å². The third-order valence-corrected chi connectivity index (χ3v) is 6.94. The van der Waals surface area contributed by atoms with Crippen LogP contribution in [0.1, 0.15) is 21.5 Å². The van der Waals surface area contributed by atoms with Crippen molar-refractivity contribution in [3.8, 4) is 5.75 Å². The fourth-order valence-electron chi connectivity index (χ4n) is 5.12. The SMILES string of the molecule is COc1cccc(CN2CCN(CCN3CCN4CCc5cccc(c54)C3=O)CC2)c1. The van der Waals surface area contributed by atoms with Gasteiger partial charge in [0, 0.05) is 65.4 Å². The Morgan fingerprint density at radius 2 is 1.68 bits per heavy atom. The number of carbonyl (C=O) groups excluding carboxylic acids is 1. The molecule has 2 aromatic rings. The van der Waals surface area contributed by atoms with E-state index in [1.807, 2.05) is 18.2 Å². The van der Waals surface area contributed by atoms with Gasteiger partial charge < -0.3 is 14.5 Å². The number of hydrogen-bond acceptors (Lipinski definition) is 5. The van der Waals surface area contributed by atoms with Gasteiger partial charge in [0.1, 0.15) is 5.75 Å². The molecule has 31 heavy (non-hydrogen) atoms. The molecule has 1 saturated heterocycles. The van der Waals surface area contributed by atoms with E-state index in [-0.39, 0.29) is 5.91 Å². The highest BCUT2D eigenvalue weighted by atomic mass is 16.5. The Kier molecular flexibility index (Phi) is 5.83. The molecule has 2 aromatic carbocycles. The number of para-hydroxylation sites is 1. The van der Waals surface area contributed by atoms with Crippen LogP contribution in [0.2, 0.25) is 0 Å². The number of benzene rings is 2. The Labute approximate surface area is 185 Å². The van der Waals surface area contributed by atoms with Crippen molar-refractivity contribution in [2.24, 2.45) is 0 Å². The maximum absolute atomic E-state index is 13.2. The summed E-state index contributed by atoms with van der Waals surface area (Å²) in [6.07, 6.45) is 1.07. The monoisotopic (exact) mass is 420 g/mol. The molecule has 3 heterocycles. The quantitative estimate of drug-likeness (QED) is 0.717. The molecular weight excluding hydrogens is 388 g/mol. The summed E-state index contributed by atoms with van der Waals surface area (Å²) in [7, 11) is 1.72. The Bertz CT molecular complexity index is 939. The maximum atomic E-state index is 13.2. The first-order valence-corrected chi connectivity index (χ1v) is 11.4. The summed E-state index contributed by atoms with van der Waals surface area (Å²) in [5.41, 5.74) is 4.73. The largest absolute Gasteiger partial charge is 0.497 e. The van der Waals surface area contributed by atoms with E-state index < -0.39 is 0 Å². The predicted octanol–water partition coefficient (Wildman–Crippen LogP) is 2.33. The molecule has 5 rings (SSSR count). The normalized spacial score (nSPS) is 19.5. The Hall–Kier alpha value is -2.57. The molecule has 0 N–H and O–H groups in total. The molecule has 0 saturated carbocycles. The van der Waals surface area contributed by atoms with E-state index >= 15 is 0 Å². The molecule has 0 spiro atoms. The topological polar surface area (TPSA) is 39.3 Å². The first kappa shape index (κ1) is 20.3. The van der Waals surface area contributed by atoms with E-state index in [4.69, 9.17) is 4.74 Å². The van der Waals surface area contributed by atoms with Crippen LogP contribution in [-0.2, 0) is 13.0 Å². The minimum absolute atomic E-state index is 0.206. The molecule has 3 aliphatic heterocycles. The molecule has 0 aliphatic carbocycles. The number of amides is 1. The first-order valence-electron chi connectivity index (χ1n) is 11.4. The van der Waals surface area contributed by atoms with Gasteiger partial charge in [-0.1, -0.05) is 24.3 Å². The van der Waals surface area contributed by atoms with Crippen molar-refractivity contribution in [2.45, 2.75) is 13.0 Å².